The van der Waals surface area contributed by atoms with E-state index in [4.69, 9.17) is 5.73 Å². The molecule has 5 nitrogen and oxygen atoms in total. The summed E-state index contributed by atoms with van der Waals surface area (Å²) < 4.78 is 11.3. The van der Waals surface area contributed by atoms with Crippen molar-refractivity contribution in [3.63, 3.8) is 0 Å². The smallest absolute Gasteiger partial charge is 0.251 e. The quantitative estimate of drug-likeness (QED) is 0.685. The number of hydrogen-bond acceptors (Lipinski definition) is 4. The molecule has 0 spiro atoms. The zero-order valence-corrected chi connectivity index (χ0v) is 12.3. The first-order valence-corrected chi connectivity index (χ1v) is 7.81. The number of hydrogen-bond donors (Lipinski definition) is 3. The molecule has 0 radical (unpaired) electrons. The van der Waals surface area contributed by atoms with Crippen molar-refractivity contribution in [3.8, 4) is 0 Å². The fraction of sp³-hybridized carbons (Fsp3) is 0.462. The largest absolute Gasteiger partial charge is 0.397 e. The molecule has 2 unspecified atom stereocenters. The highest BCUT2D eigenvalue weighted by Gasteiger charge is 2.09. The second-order valence-corrected chi connectivity index (χ2v) is 6.15. The van der Waals surface area contributed by atoms with Crippen molar-refractivity contribution in [2.75, 3.05) is 30.4 Å². The van der Waals surface area contributed by atoms with Crippen LogP contribution < -0.4 is 16.4 Å². The summed E-state index contributed by atoms with van der Waals surface area (Å²) in [5.41, 5.74) is 7.71. The van der Waals surface area contributed by atoms with Gasteiger partial charge in [0.15, 0.2) is 0 Å². The third-order valence-corrected chi connectivity index (χ3v) is 4.10. The van der Waals surface area contributed by atoms with Crippen LogP contribution in [0.5, 0.6) is 0 Å². The molecule has 0 heterocycles. The second-order valence-electron chi connectivity index (χ2n) is 4.35. The normalized spacial score (nSPS) is 13.6. The summed E-state index contributed by atoms with van der Waals surface area (Å²) in [5, 5.41) is 5.90. The lowest BCUT2D eigenvalue weighted by Crippen LogP contribution is -2.23. The molecule has 2 atom stereocenters. The van der Waals surface area contributed by atoms with E-state index in [1.54, 1.807) is 24.5 Å². The van der Waals surface area contributed by atoms with E-state index < -0.39 is 10.8 Å². The van der Waals surface area contributed by atoms with Gasteiger partial charge in [-0.2, -0.15) is 0 Å². The van der Waals surface area contributed by atoms with E-state index in [-0.39, 0.29) is 11.2 Å². The van der Waals surface area contributed by atoms with Crippen LogP contribution in [0.25, 0.3) is 0 Å². The highest BCUT2D eigenvalue weighted by Crippen LogP contribution is 2.20. The molecule has 19 heavy (non-hydrogen) atoms. The van der Waals surface area contributed by atoms with Crippen LogP contribution in [0.1, 0.15) is 24.2 Å². The van der Waals surface area contributed by atoms with Gasteiger partial charge in [0.1, 0.15) is 0 Å². The second kappa shape index (κ2) is 7.13. The van der Waals surface area contributed by atoms with Crippen LogP contribution in [-0.2, 0) is 10.8 Å². The molecule has 106 valence electrons. The molecule has 1 rings (SSSR count). The molecule has 1 amide bonds. The highest BCUT2D eigenvalue weighted by atomic mass is 32.2. The lowest BCUT2D eigenvalue weighted by atomic mass is 10.1. The maximum atomic E-state index is 11.6. The van der Waals surface area contributed by atoms with Crippen molar-refractivity contribution in [2.24, 2.45) is 0 Å². The van der Waals surface area contributed by atoms with Crippen LogP contribution in [0.3, 0.4) is 0 Å². The average molecular weight is 283 g/mol. The molecule has 0 aliphatic carbocycles. The zero-order valence-electron chi connectivity index (χ0n) is 11.5. The van der Waals surface area contributed by atoms with Gasteiger partial charge in [0.05, 0.1) is 11.4 Å². The van der Waals surface area contributed by atoms with Gasteiger partial charge in [-0.05, 0) is 32.0 Å². The third kappa shape index (κ3) is 4.55. The minimum atomic E-state index is -0.872. The Balaban J connectivity index is 2.72. The molecule has 0 saturated heterocycles. The Hall–Kier alpha value is -1.56. The number of benzene rings is 1. The minimum Gasteiger partial charge on any atom is -0.397 e. The number of carbonyl (C=O) groups excluding carboxylic acids is 1. The van der Waals surface area contributed by atoms with E-state index in [1.807, 2.05) is 13.8 Å². The number of nitrogens with two attached hydrogens (primary N) is 1. The molecule has 0 saturated carbocycles. The molecular formula is C13H21N3O2S. The van der Waals surface area contributed by atoms with Gasteiger partial charge in [0, 0.05) is 41.0 Å². The number of anilines is 2. The molecule has 1 aromatic carbocycles. The predicted octanol–water partition coefficient (Wildman–Crippen LogP) is 1.20. The lowest BCUT2D eigenvalue weighted by molar-refractivity contribution is 0.0956. The zero-order chi connectivity index (χ0) is 14.4. The van der Waals surface area contributed by atoms with E-state index in [2.05, 4.69) is 10.6 Å². The van der Waals surface area contributed by atoms with Gasteiger partial charge in [0.2, 0.25) is 0 Å². The predicted molar refractivity (Wildman–Crippen MR) is 80.9 cm³/mol. The maximum absolute atomic E-state index is 11.6. The SMILES string of the molecule is CCNC(=O)c1ccc(NCC(C)S(C)=O)c(N)c1. The van der Waals surface area contributed by atoms with Crippen molar-refractivity contribution in [1.82, 2.24) is 5.32 Å². The summed E-state index contributed by atoms with van der Waals surface area (Å²) in [5.74, 6) is -0.135. The summed E-state index contributed by atoms with van der Waals surface area (Å²) in [6, 6.07) is 5.13. The van der Waals surface area contributed by atoms with Crippen LogP contribution in [-0.4, -0.2) is 34.7 Å². The van der Waals surface area contributed by atoms with Gasteiger partial charge in [0.25, 0.3) is 5.91 Å². The van der Waals surface area contributed by atoms with E-state index in [0.29, 0.717) is 24.3 Å². The minimum absolute atomic E-state index is 0.0440. The van der Waals surface area contributed by atoms with E-state index in [9.17, 15) is 9.00 Å². The molecule has 0 aliphatic rings. The number of carbonyl (C=O) groups is 1. The average Bonchev–Trinajstić information content (AvgIpc) is 2.36. The van der Waals surface area contributed by atoms with Crippen molar-refractivity contribution in [2.45, 2.75) is 19.1 Å². The molecule has 0 bridgehead atoms. The Morgan fingerprint density at radius 2 is 2.16 bits per heavy atom. The molecule has 1 aromatic rings. The number of rotatable bonds is 6. The standard InChI is InChI=1S/C13H21N3O2S/c1-4-15-13(17)10-5-6-12(11(14)7-10)16-8-9(2)19(3)18/h5-7,9,16H,4,8,14H2,1-3H3,(H,15,17). The Morgan fingerprint density at radius 3 is 2.68 bits per heavy atom. The number of nitrogen functional groups attached to an aromatic ring is 1. The van der Waals surface area contributed by atoms with Gasteiger partial charge in [-0.15, -0.1) is 0 Å². The fourth-order valence-electron chi connectivity index (χ4n) is 1.50. The Morgan fingerprint density at radius 1 is 1.47 bits per heavy atom. The molecule has 6 heteroatoms. The summed E-state index contributed by atoms with van der Waals surface area (Å²) in [6.45, 7) is 4.93. The van der Waals surface area contributed by atoms with Gasteiger partial charge in [-0.3, -0.25) is 9.00 Å². The van der Waals surface area contributed by atoms with Crippen LogP contribution >= 0.6 is 0 Å². The van der Waals surface area contributed by atoms with Gasteiger partial charge in [-0.25, -0.2) is 0 Å². The van der Waals surface area contributed by atoms with E-state index in [1.165, 1.54) is 0 Å². The summed E-state index contributed by atoms with van der Waals surface area (Å²) in [6.07, 6.45) is 1.67. The van der Waals surface area contributed by atoms with Gasteiger partial charge < -0.3 is 16.4 Å². The first kappa shape index (κ1) is 15.5. The monoisotopic (exact) mass is 283 g/mol. The first-order chi connectivity index (χ1) is 8.95. The first-order valence-electron chi connectivity index (χ1n) is 6.19. The topological polar surface area (TPSA) is 84.2 Å². The van der Waals surface area contributed by atoms with Crippen molar-refractivity contribution in [3.05, 3.63) is 23.8 Å². The summed E-state index contributed by atoms with van der Waals surface area (Å²) in [7, 11) is -0.872. The maximum Gasteiger partial charge on any atom is 0.251 e. The Bertz CT molecular complexity index is 477. The van der Waals surface area contributed by atoms with Crippen molar-refractivity contribution >= 4 is 28.1 Å². The van der Waals surface area contributed by atoms with E-state index in [0.717, 1.165) is 5.69 Å². The molecule has 4 N–H and O–H groups in total. The Kier molecular flexibility index (Phi) is 5.82. The van der Waals surface area contributed by atoms with Crippen LogP contribution in [0, 0.1) is 0 Å². The van der Waals surface area contributed by atoms with Crippen LogP contribution in [0.2, 0.25) is 0 Å². The summed E-state index contributed by atoms with van der Waals surface area (Å²) >= 11 is 0. The van der Waals surface area contributed by atoms with Crippen molar-refractivity contribution < 1.29 is 9.00 Å². The number of nitrogens with one attached hydrogen (secondary N) is 2. The molecular weight excluding hydrogens is 262 g/mol. The third-order valence-electron chi connectivity index (χ3n) is 2.80. The lowest BCUT2D eigenvalue weighted by Gasteiger charge is -2.13. The Labute approximate surface area is 116 Å². The number of amides is 1. The van der Waals surface area contributed by atoms with Crippen molar-refractivity contribution in [1.29, 1.82) is 0 Å². The van der Waals surface area contributed by atoms with Crippen LogP contribution in [0.15, 0.2) is 18.2 Å². The molecule has 0 aromatic heterocycles. The van der Waals surface area contributed by atoms with E-state index >= 15 is 0 Å². The van der Waals surface area contributed by atoms with Gasteiger partial charge in [-0.1, -0.05) is 0 Å². The summed E-state index contributed by atoms with van der Waals surface area (Å²) in [4.78, 5) is 11.6. The molecule has 0 fully saturated rings. The molecule has 0 aliphatic heterocycles. The van der Waals surface area contributed by atoms with Crippen LogP contribution in [0.4, 0.5) is 11.4 Å². The fourth-order valence-corrected chi connectivity index (χ4v) is 1.82. The van der Waals surface area contributed by atoms with Gasteiger partial charge >= 0.3 is 0 Å². The highest BCUT2D eigenvalue weighted by molar-refractivity contribution is 7.84.